The maximum atomic E-state index is 8.67. The summed E-state index contributed by atoms with van der Waals surface area (Å²) in [6, 6.07) is 2.68. The maximum Gasteiger partial charge on any atom is 0.0762 e. The minimum absolute atomic E-state index is 0.184. The molecular weight excluding hydrogens is 202 g/mol. The van der Waals surface area contributed by atoms with Gasteiger partial charge < -0.3 is 10.4 Å². The van der Waals surface area contributed by atoms with E-state index in [1.54, 1.807) is 0 Å². The smallest absolute Gasteiger partial charge is 0.0762 e. The van der Waals surface area contributed by atoms with E-state index in [-0.39, 0.29) is 6.61 Å². The van der Waals surface area contributed by atoms with Gasteiger partial charge in [0.1, 0.15) is 0 Å². The van der Waals surface area contributed by atoms with E-state index in [1.165, 1.54) is 32.1 Å². The second-order valence-electron chi connectivity index (χ2n) is 4.48. The van der Waals surface area contributed by atoms with Crippen molar-refractivity contribution in [2.24, 2.45) is 0 Å². The van der Waals surface area contributed by atoms with Gasteiger partial charge >= 0.3 is 0 Å². The normalized spacial score (nSPS) is 17.8. The monoisotopic (exact) mass is 223 g/mol. The van der Waals surface area contributed by atoms with Crippen LogP contribution in [0, 0.1) is 0 Å². The van der Waals surface area contributed by atoms with Gasteiger partial charge in [0, 0.05) is 19.3 Å². The molecule has 1 aliphatic carbocycles. The maximum absolute atomic E-state index is 8.67. The van der Waals surface area contributed by atoms with Gasteiger partial charge in [-0.3, -0.25) is 4.68 Å². The van der Waals surface area contributed by atoms with Gasteiger partial charge in [0.2, 0.25) is 0 Å². The summed E-state index contributed by atoms with van der Waals surface area (Å²) >= 11 is 0. The summed E-state index contributed by atoms with van der Waals surface area (Å²) in [5, 5.41) is 16.4. The Morgan fingerprint density at radius 2 is 2.19 bits per heavy atom. The van der Waals surface area contributed by atoms with Crippen molar-refractivity contribution in [2.75, 3.05) is 13.2 Å². The fourth-order valence-electron chi connectivity index (χ4n) is 2.32. The summed E-state index contributed by atoms with van der Waals surface area (Å²) in [6.45, 7) is 1.57. The average Bonchev–Trinajstić information content (AvgIpc) is 2.79. The Morgan fingerprint density at radius 1 is 1.38 bits per heavy atom. The number of nitrogens with zero attached hydrogens (tertiary/aromatic N) is 2. The molecule has 1 heterocycles. The third kappa shape index (κ3) is 3.06. The van der Waals surface area contributed by atoms with Gasteiger partial charge in [0.05, 0.1) is 18.3 Å². The Balaban J connectivity index is 1.85. The minimum atomic E-state index is 0.184. The van der Waals surface area contributed by atoms with Crippen LogP contribution in [0.4, 0.5) is 0 Å². The molecule has 1 aromatic rings. The second-order valence-corrected chi connectivity index (χ2v) is 4.48. The van der Waals surface area contributed by atoms with Gasteiger partial charge in [0.15, 0.2) is 0 Å². The molecule has 1 fully saturated rings. The van der Waals surface area contributed by atoms with Crippen molar-refractivity contribution < 1.29 is 5.11 Å². The van der Waals surface area contributed by atoms with Crippen molar-refractivity contribution in [3.8, 4) is 0 Å². The summed E-state index contributed by atoms with van der Waals surface area (Å²) in [4.78, 5) is 0. The van der Waals surface area contributed by atoms with E-state index in [4.69, 9.17) is 5.11 Å². The molecule has 0 bridgehead atoms. The summed E-state index contributed by atoms with van der Waals surface area (Å²) in [5.41, 5.74) is 1.07. The molecule has 0 atom stereocenters. The third-order valence-corrected chi connectivity index (χ3v) is 3.21. The van der Waals surface area contributed by atoms with Crippen molar-refractivity contribution in [1.29, 1.82) is 0 Å². The highest BCUT2D eigenvalue weighted by molar-refractivity contribution is 4.99. The van der Waals surface area contributed by atoms with E-state index < -0.39 is 0 Å². The zero-order valence-electron chi connectivity index (χ0n) is 9.73. The Labute approximate surface area is 96.7 Å². The number of aliphatic hydroxyl groups is 1. The standard InChI is InChI=1S/C12H21N3O/c16-9-7-13-10-11-6-8-15(14-11)12-4-2-1-3-5-12/h6,8,12-13,16H,1-5,7,9-10H2. The number of nitrogens with one attached hydrogen (secondary N) is 1. The molecule has 1 aromatic heterocycles. The predicted octanol–water partition coefficient (Wildman–Crippen LogP) is 1.47. The summed E-state index contributed by atoms with van der Waals surface area (Å²) < 4.78 is 2.12. The summed E-state index contributed by atoms with van der Waals surface area (Å²) in [5.74, 6) is 0. The van der Waals surface area contributed by atoms with Gasteiger partial charge in [-0.2, -0.15) is 5.10 Å². The quantitative estimate of drug-likeness (QED) is 0.743. The molecule has 0 unspecified atom stereocenters. The van der Waals surface area contributed by atoms with Crippen LogP contribution in [0.3, 0.4) is 0 Å². The molecule has 0 radical (unpaired) electrons. The van der Waals surface area contributed by atoms with Crippen molar-refractivity contribution in [3.05, 3.63) is 18.0 Å². The van der Waals surface area contributed by atoms with E-state index in [0.29, 0.717) is 12.6 Å². The topological polar surface area (TPSA) is 50.1 Å². The number of hydrogen-bond donors (Lipinski definition) is 2. The van der Waals surface area contributed by atoms with E-state index >= 15 is 0 Å². The van der Waals surface area contributed by atoms with Crippen molar-refractivity contribution in [3.63, 3.8) is 0 Å². The summed E-state index contributed by atoms with van der Waals surface area (Å²) in [7, 11) is 0. The first kappa shape index (κ1) is 11.6. The number of rotatable bonds is 5. The molecular formula is C12H21N3O. The summed E-state index contributed by atoms with van der Waals surface area (Å²) in [6.07, 6.45) is 8.68. The number of hydrogen-bond acceptors (Lipinski definition) is 3. The van der Waals surface area contributed by atoms with Gasteiger partial charge in [0.25, 0.3) is 0 Å². The molecule has 0 aromatic carbocycles. The Hall–Kier alpha value is -0.870. The Kier molecular flexibility index (Phi) is 4.36. The first-order valence-electron chi connectivity index (χ1n) is 6.26. The molecule has 1 saturated carbocycles. The molecule has 90 valence electrons. The number of aliphatic hydroxyl groups excluding tert-OH is 1. The molecule has 4 nitrogen and oxygen atoms in total. The fourth-order valence-corrected chi connectivity index (χ4v) is 2.32. The molecule has 0 spiro atoms. The van der Waals surface area contributed by atoms with Crippen molar-refractivity contribution in [1.82, 2.24) is 15.1 Å². The molecule has 2 N–H and O–H groups in total. The lowest BCUT2D eigenvalue weighted by Crippen LogP contribution is -2.18. The zero-order chi connectivity index (χ0) is 11.2. The largest absolute Gasteiger partial charge is 0.395 e. The lowest BCUT2D eigenvalue weighted by atomic mass is 9.96. The minimum Gasteiger partial charge on any atom is -0.395 e. The SMILES string of the molecule is OCCNCc1ccn(C2CCCCC2)n1. The third-order valence-electron chi connectivity index (χ3n) is 3.21. The zero-order valence-corrected chi connectivity index (χ0v) is 9.73. The molecule has 0 aliphatic heterocycles. The predicted molar refractivity (Wildman–Crippen MR) is 63.1 cm³/mol. The highest BCUT2D eigenvalue weighted by atomic mass is 16.3. The highest BCUT2D eigenvalue weighted by Crippen LogP contribution is 2.27. The van der Waals surface area contributed by atoms with Crippen LogP contribution in [0.25, 0.3) is 0 Å². The first-order valence-corrected chi connectivity index (χ1v) is 6.26. The van der Waals surface area contributed by atoms with Gasteiger partial charge in [-0.1, -0.05) is 19.3 Å². The second kappa shape index (κ2) is 6.01. The lowest BCUT2D eigenvalue weighted by molar-refractivity contribution is 0.291. The van der Waals surface area contributed by atoms with Crippen LogP contribution in [0.5, 0.6) is 0 Å². The van der Waals surface area contributed by atoms with Crippen LogP contribution >= 0.6 is 0 Å². The van der Waals surface area contributed by atoms with Crippen LogP contribution in [0.1, 0.15) is 43.8 Å². The van der Waals surface area contributed by atoms with Crippen LogP contribution in [-0.4, -0.2) is 28.0 Å². The van der Waals surface area contributed by atoms with Crippen LogP contribution in [0.2, 0.25) is 0 Å². The number of aromatic nitrogens is 2. The highest BCUT2D eigenvalue weighted by Gasteiger charge is 2.15. The van der Waals surface area contributed by atoms with Crippen LogP contribution in [-0.2, 0) is 6.54 Å². The Bertz CT molecular complexity index is 305. The van der Waals surface area contributed by atoms with Crippen LogP contribution in [0.15, 0.2) is 12.3 Å². The van der Waals surface area contributed by atoms with Gasteiger partial charge in [-0.15, -0.1) is 0 Å². The van der Waals surface area contributed by atoms with Crippen LogP contribution < -0.4 is 5.32 Å². The Morgan fingerprint density at radius 3 is 2.94 bits per heavy atom. The molecule has 0 amide bonds. The van der Waals surface area contributed by atoms with Gasteiger partial charge in [-0.05, 0) is 18.9 Å². The van der Waals surface area contributed by atoms with E-state index in [2.05, 4.69) is 27.4 Å². The molecule has 1 aliphatic rings. The first-order chi connectivity index (χ1) is 7.90. The van der Waals surface area contributed by atoms with Crippen molar-refractivity contribution >= 4 is 0 Å². The average molecular weight is 223 g/mol. The van der Waals surface area contributed by atoms with Gasteiger partial charge in [-0.25, -0.2) is 0 Å². The van der Waals surface area contributed by atoms with E-state index in [1.807, 2.05) is 0 Å². The fraction of sp³-hybridized carbons (Fsp3) is 0.750. The molecule has 2 rings (SSSR count). The van der Waals surface area contributed by atoms with E-state index in [0.717, 1.165) is 12.2 Å². The molecule has 16 heavy (non-hydrogen) atoms. The van der Waals surface area contributed by atoms with E-state index in [9.17, 15) is 0 Å². The lowest BCUT2D eigenvalue weighted by Gasteiger charge is -2.21. The molecule has 4 heteroatoms. The van der Waals surface area contributed by atoms with Crippen molar-refractivity contribution in [2.45, 2.75) is 44.7 Å². The molecule has 0 saturated heterocycles.